The fourth-order valence-corrected chi connectivity index (χ4v) is 11.8. The van der Waals surface area contributed by atoms with Gasteiger partial charge in [-0.15, -0.1) is 0 Å². The van der Waals surface area contributed by atoms with E-state index in [1.54, 1.807) is 24.3 Å². The number of aliphatic carboxylic acids is 2. The first-order valence-electron chi connectivity index (χ1n) is 21.5. The Morgan fingerprint density at radius 3 is 0.984 bits per heavy atom. The molecule has 0 aromatic heterocycles. The summed E-state index contributed by atoms with van der Waals surface area (Å²) >= 11 is 0. The van der Waals surface area contributed by atoms with Gasteiger partial charge in [-0.25, -0.2) is 0 Å². The van der Waals surface area contributed by atoms with Crippen molar-refractivity contribution in [1.82, 2.24) is 0 Å². The average Bonchev–Trinajstić information content (AvgIpc) is 3.38. The van der Waals surface area contributed by atoms with Gasteiger partial charge in [-0.05, 0) is 36.1 Å². The average molecular weight is 895 g/mol. The van der Waals surface area contributed by atoms with Gasteiger partial charge in [0.15, 0.2) is 23.0 Å². The molecule has 0 amide bonds. The standard InChI is InChI=1S/C46H56N2O16/c1-24(49)59-38-13-30(14-39(60-25(2)50)43(38)63-28(5)53)22-47(7)34-9-10-35(47)18-32(17-34)46(45(57)58,21-42(55)56)33-19-36-11-12-37(20-33)48(36,8)23-31-15-40(61-26(3)51)44(64-29(6)54)41(16-31)62-27(4)52/h13-16,32-37H,9-12,17-23H2,1-8H3/p+2. The minimum atomic E-state index is -1.57. The highest BCUT2D eigenvalue weighted by atomic mass is 16.6. The molecule has 0 spiro atoms. The summed E-state index contributed by atoms with van der Waals surface area (Å²) in [5, 5.41) is 21.8. The van der Waals surface area contributed by atoms with Gasteiger partial charge in [0, 0.05) is 104 Å². The zero-order valence-electron chi connectivity index (χ0n) is 37.6. The maximum Gasteiger partial charge on any atom is 0.310 e. The van der Waals surface area contributed by atoms with Gasteiger partial charge in [-0.1, -0.05) is 0 Å². The van der Waals surface area contributed by atoms with E-state index in [1.807, 2.05) is 0 Å². The smallest absolute Gasteiger partial charge is 0.310 e. The van der Waals surface area contributed by atoms with Gasteiger partial charge in [0.25, 0.3) is 0 Å². The minimum Gasteiger partial charge on any atom is -0.481 e. The third kappa shape index (κ3) is 9.62. The van der Waals surface area contributed by atoms with Gasteiger partial charge in [0.2, 0.25) is 11.5 Å². The van der Waals surface area contributed by atoms with E-state index >= 15 is 0 Å². The summed E-state index contributed by atoms with van der Waals surface area (Å²) in [7, 11) is 4.16. The number of carbonyl (C=O) groups is 8. The summed E-state index contributed by atoms with van der Waals surface area (Å²) in [6.45, 7) is 7.82. The van der Waals surface area contributed by atoms with Crippen LogP contribution in [0, 0.1) is 17.3 Å². The monoisotopic (exact) mass is 894 g/mol. The molecule has 2 N–H and O–H groups in total. The summed E-state index contributed by atoms with van der Waals surface area (Å²) in [5.41, 5.74) is -0.325. The molecule has 4 unspecified atom stereocenters. The molecule has 2 aromatic rings. The van der Waals surface area contributed by atoms with Crippen LogP contribution in [0.15, 0.2) is 24.3 Å². The van der Waals surface area contributed by atoms with E-state index in [0.29, 0.717) is 58.9 Å². The molecule has 0 radical (unpaired) electrons. The van der Waals surface area contributed by atoms with Crippen LogP contribution in [0.4, 0.5) is 0 Å². The predicted octanol–water partition coefficient (Wildman–Crippen LogP) is 5.26. The number of hydrogen-bond acceptors (Lipinski definition) is 14. The number of benzene rings is 2. The number of carbonyl (C=O) groups excluding carboxylic acids is 6. The van der Waals surface area contributed by atoms with Crippen molar-refractivity contribution in [3.63, 3.8) is 0 Å². The molecule has 4 fully saturated rings. The number of carboxylic acid groups (broad SMARTS) is 2. The van der Waals surface area contributed by atoms with Crippen LogP contribution in [-0.2, 0) is 51.4 Å². The van der Waals surface area contributed by atoms with E-state index in [-0.39, 0.29) is 58.7 Å². The van der Waals surface area contributed by atoms with E-state index in [2.05, 4.69) is 14.1 Å². The third-order valence-corrected chi connectivity index (χ3v) is 14.2. The van der Waals surface area contributed by atoms with Crippen LogP contribution in [0.2, 0.25) is 0 Å². The maximum atomic E-state index is 13.9. The second-order valence-electron chi connectivity index (χ2n) is 18.4. The lowest BCUT2D eigenvalue weighted by Crippen LogP contribution is -2.63. The van der Waals surface area contributed by atoms with E-state index in [9.17, 15) is 48.6 Å². The molecule has 2 aromatic carbocycles. The highest BCUT2D eigenvalue weighted by molar-refractivity contribution is 5.83. The van der Waals surface area contributed by atoms with Crippen LogP contribution >= 0.6 is 0 Å². The second-order valence-corrected chi connectivity index (χ2v) is 18.4. The summed E-state index contributed by atoms with van der Waals surface area (Å²) in [6.07, 6.45) is 4.36. The van der Waals surface area contributed by atoms with Crippen LogP contribution in [0.1, 0.15) is 110 Å². The number of ether oxygens (including phenoxy) is 6. The Kier molecular flexibility index (Phi) is 13.6. The molecule has 4 heterocycles. The lowest BCUT2D eigenvalue weighted by molar-refractivity contribution is -0.963. The minimum absolute atomic E-state index is 0.0621. The molecule has 18 nitrogen and oxygen atoms in total. The molecule has 4 atom stereocenters. The van der Waals surface area contributed by atoms with E-state index < -0.39 is 71.4 Å². The van der Waals surface area contributed by atoms with Crippen molar-refractivity contribution < 1.29 is 86.0 Å². The predicted molar refractivity (Wildman–Crippen MR) is 222 cm³/mol. The number of esters is 6. The fourth-order valence-electron chi connectivity index (χ4n) is 11.8. The molecule has 0 saturated carbocycles. The van der Waals surface area contributed by atoms with E-state index in [0.717, 1.165) is 39.5 Å². The molecule has 346 valence electrons. The first-order valence-corrected chi connectivity index (χ1v) is 21.5. The van der Waals surface area contributed by atoms with Crippen molar-refractivity contribution in [2.45, 2.75) is 137 Å². The van der Waals surface area contributed by atoms with Gasteiger partial charge in [-0.3, -0.25) is 38.4 Å². The van der Waals surface area contributed by atoms with Crippen molar-refractivity contribution in [1.29, 1.82) is 0 Å². The summed E-state index contributed by atoms with van der Waals surface area (Å²) in [6, 6.07) is 6.04. The van der Waals surface area contributed by atoms with Gasteiger partial charge in [-0.2, -0.15) is 0 Å². The molecular weight excluding hydrogens is 837 g/mol. The highest BCUT2D eigenvalue weighted by Gasteiger charge is 2.64. The molecule has 4 saturated heterocycles. The van der Waals surface area contributed by atoms with Crippen molar-refractivity contribution in [2.75, 3.05) is 14.1 Å². The van der Waals surface area contributed by atoms with Crippen molar-refractivity contribution in [2.24, 2.45) is 17.3 Å². The number of fused-ring (bicyclic) bond motifs is 4. The maximum absolute atomic E-state index is 13.9. The molecule has 6 rings (SSSR count). The highest BCUT2D eigenvalue weighted by Crippen LogP contribution is 2.59. The summed E-state index contributed by atoms with van der Waals surface area (Å²) in [5.74, 6) is -8.20. The largest absolute Gasteiger partial charge is 0.481 e. The van der Waals surface area contributed by atoms with Crippen LogP contribution in [0.5, 0.6) is 34.5 Å². The molecule has 18 heteroatoms. The Bertz CT molecular complexity index is 2030. The third-order valence-electron chi connectivity index (χ3n) is 14.2. The lowest BCUT2D eigenvalue weighted by atomic mass is 9.57. The second kappa shape index (κ2) is 18.3. The number of nitrogens with zero attached hydrogens (tertiary/aromatic N) is 2. The number of hydrogen-bond donors (Lipinski definition) is 2. The quantitative estimate of drug-likeness (QED) is 0.132. The number of rotatable bonds is 15. The van der Waals surface area contributed by atoms with Crippen molar-refractivity contribution in [3.8, 4) is 34.5 Å². The Hall–Kier alpha value is -5.88. The van der Waals surface area contributed by atoms with Gasteiger partial charge >= 0.3 is 47.8 Å². The van der Waals surface area contributed by atoms with Crippen LogP contribution in [0.25, 0.3) is 0 Å². The fraction of sp³-hybridized carbons (Fsp3) is 0.565. The van der Waals surface area contributed by atoms with E-state index in [1.165, 1.54) is 27.7 Å². The Balaban J connectivity index is 1.30. The Morgan fingerprint density at radius 2 is 0.766 bits per heavy atom. The molecule has 64 heavy (non-hydrogen) atoms. The first kappa shape index (κ1) is 47.6. The Morgan fingerprint density at radius 1 is 0.500 bits per heavy atom. The summed E-state index contributed by atoms with van der Waals surface area (Å²) < 4.78 is 33.3. The molecule has 4 bridgehead atoms. The van der Waals surface area contributed by atoms with Gasteiger partial charge in [0.1, 0.15) is 13.1 Å². The topological polar surface area (TPSA) is 232 Å². The van der Waals surface area contributed by atoms with Gasteiger partial charge in [0.05, 0.1) is 50.1 Å². The zero-order valence-corrected chi connectivity index (χ0v) is 37.6. The molecule has 4 aliphatic heterocycles. The number of quaternary nitrogens is 2. The van der Waals surface area contributed by atoms with Crippen molar-refractivity contribution in [3.05, 3.63) is 35.4 Å². The first-order chi connectivity index (χ1) is 29.9. The van der Waals surface area contributed by atoms with Crippen LogP contribution < -0.4 is 28.4 Å². The van der Waals surface area contributed by atoms with E-state index in [4.69, 9.17) is 28.4 Å². The molecule has 0 aliphatic carbocycles. The SMILES string of the molecule is CC(=O)Oc1cc(C[N+]2(C)C3CCC2CC(C(CC(=O)O)(C(=O)O)C2CC4CCC(C2)[N+]4(C)Cc2cc(OC(C)=O)c(OC(C)=O)c(OC(C)=O)c2)C3)cc(OC(C)=O)c1OC(C)=O. The molecule has 4 aliphatic rings. The number of piperidine rings is 2. The van der Waals surface area contributed by atoms with Crippen LogP contribution in [-0.4, -0.2) is 105 Å². The number of carboxylic acids is 2. The van der Waals surface area contributed by atoms with Crippen LogP contribution in [0.3, 0.4) is 0 Å². The summed E-state index contributed by atoms with van der Waals surface area (Å²) in [4.78, 5) is 99.4. The lowest BCUT2D eigenvalue weighted by Gasteiger charge is -2.55. The molecular formula is C46H58N2O16+2. The normalized spacial score (nSPS) is 27.6. The Labute approximate surface area is 370 Å². The van der Waals surface area contributed by atoms with Gasteiger partial charge < -0.3 is 47.6 Å². The zero-order chi connectivity index (χ0) is 47.1. The van der Waals surface area contributed by atoms with Crippen molar-refractivity contribution >= 4 is 47.8 Å².